The van der Waals surface area contributed by atoms with Crippen LogP contribution in [0.3, 0.4) is 0 Å². The SMILES string of the molecule is COc1ccc([C@H](Cc2c(Cl)c[n+](O)cc2Cl)c2cc(CNC(C(=O)O[C@H]3CN4CCC3CC4)c3cccc(F)c3)ccc2C(=O)[O-])cc1OC. The lowest BCUT2D eigenvalue weighted by molar-refractivity contribution is -0.904. The molecule has 7 rings (SSSR count). The van der Waals surface area contributed by atoms with Crippen molar-refractivity contribution in [2.24, 2.45) is 5.92 Å². The van der Waals surface area contributed by atoms with E-state index >= 15 is 0 Å². The highest BCUT2D eigenvalue weighted by Crippen LogP contribution is 2.39. The van der Waals surface area contributed by atoms with Gasteiger partial charge in [-0.05, 0) is 84.8 Å². The number of nitrogens with one attached hydrogen (secondary N) is 1. The fourth-order valence-corrected chi connectivity index (χ4v) is 7.72. The summed E-state index contributed by atoms with van der Waals surface area (Å²) in [4.78, 5) is 28.6. The standard InChI is InChI=1S/C38H38Cl2FN3O7/c1-49-33-9-7-24(16-34(33)50-2)28(17-30-31(39)19-44(48)20-32(30)40)29-14-22(6-8-27(29)37(45)46)18-42-36(25-4-3-5-26(41)15-25)38(47)51-35-21-43-12-10-23(35)11-13-43/h3-9,14-16,19-20,23,28,35-36,42H,10-13,17-18,21H2,1-2H3,(H-,45,46,48)/t28-,35-,36?/m0/s1. The number of pyridine rings is 1. The van der Waals surface area contributed by atoms with Gasteiger partial charge in [-0.2, -0.15) is 0 Å². The van der Waals surface area contributed by atoms with E-state index in [0.717, 1.165) is 30.7 Å². The molecule has 2 bridgehead atoms. The number of hydrogen-bond donors (Lipinski definition) is 2. The van der Waals surface area contributed by atoms with Crippen molar-refractivity contribution >= 4 is 35.1 Å². The van der Waals surface area contributed by atoms with E-state index in [2.05, 4.69) is 10.2 Å². The normalized spacial score (nSPS) is 19.3. The van der Waals surface area contributed by atoms with Crippen LogP contribution in [0.15, 0.2) is 73.1 Å². The number of carbonyl (C=O) groups is 2. The molecule has 0 aliphatic carbocycles. The second-order valence-corrected chi connectivity index (χ2v) is 13.7. The minimum absolute atomic E-state index is 0.0672. The summed E-state index contributed by atoms with van der Waals surface area (Å²) < 4.78 is 32.2. The van der Waals surface area contributed by atoms with Crippen LogP contribution in [0.4, 0.5) is 4.39 Å². The number of piperidine rings is 3. The lowest BCUT2D eigenvalue weighted by atomic mass is 9.82. The number of fused-ring (bicyclic) bond motifs is 3. The zero-order valence-corrected chi connectivity index (χ0v) is 29.6. The molecule has 3 aliphatic rings. The maximum Gasteiger partial charge on any atom is 0.328 e. The van der Waals surface area contributed by atoms with E-state index in [1.54, 1.807) is 42.5 Å². The van der Waals surface area contributed by atoms with Gasteiger partial charge in [0.1, 0.15) is 28.0 Å². The largest absolute Gasteiger partial charge is 0.545 e. The Hall–Kier alpha value is -4.42. The second-order valence-electron chi connectivity index (χ2n) is 12.9. The van der Waals surface area contributed by atoms with Crippen LogP contribution in [0.2, 0.25) is 10.0 Å². The molecule has 10 nitrogen and oxygen atoms in total. The predicted molar refractivity (Wildman–Crippen MR) is 185 cm³/mol. The maximum atomic E-state index is 14.4. The van der Waals surface area contributed by atoms with Crippen molar-refractivity contribution < 1.29 is 43.2 Å². The van der Waals surface area contributed by atoms with E-state index in [1.165, 1.54) is 44.8 Å². The van der Waals surface area contributed by atoms with E-state index < -0.39 is 29.7 Å². The molecule has 0 amide bonds. The first-order chi connectivity index (χ1) is 24.5. The summed E-state index contributed by atoms with van der Waals surface area (Å²) in [5.74, 6) is -1.87. The molecule has 3 aromatic carbocycles. The highest BCUT2D eigenvalue weighted by atomic mass is 35.5. The Morgan fingerprint density at radius 3 is 2.35 bits per heavy atom. The lowest BCUT2D eigenvalue weighted by Crippen LogP contribution is -2.52. The summed E-state index contributed by atoms with van der Waals surface area (Å²) in [6.45, 7) is 2.75. The van der Waals surface area contributed by atoms with Gasteiger partial charge in [0.05, 0.1) is 20.2 Å². The Bertz CT molecular complexity index is 1900. The fourth-order valence-electron chi connectivity index (χ4n) is 7.12. The van der Waals surface area contributed by atoms with Gasteiger partial charge >= 0.3 is 5.97 Å². The number of aromatic nitrogens is 1. The minimum Gasteiger partial charge on any atom is -0.545 e. The van der Waals surface area contributed by atoms with Crippen LogP contribution in [0.5, 0.6) is 11.5 Å². The van der Waals surface area contributed by atoms with Crippen LogP contribution < -0.4 is 24.6 Å². The molecule has 268 valence electrons. The Balaban J connectivity index is 1.36. The maximum absolute atomic E-state index is 14.4. The van der Waals surface area contributed by atoms with E-state index in [1.807, 2.05) is 0 Å². The Morgan fingerprint density at radius 2 is 1.73 bits per heavy atom. The molecule has 4 heterocycles. The summed E-state index contributed by atoms with van der Waals surface area (Å²) in [7, 11) is 3.01. The molecule has 3 atom stereocenters. The molecule has 2 N–H and O–H groups in total. The molecular formula is C38H38Cl2FN3O7. The van der Waals surface area contributed by atoms with Gasteiger partial charge in [-0.25, -0.2) is 9.18 Å². The number of rotatable bonds is 13. The molecule has 0 saturated carbocycles. The molecule has 13 heteroatoms. The number of halogens is 3. The molecule has 3 aliphatic heterocycles. The molecule has 0 spiro atoms. The zero-order valence-electron chi connectivity index (χ0n) is 28.1. The fraction of sp³-hybridized carbons (Fsp3) is 0.342. The van der Waals surface area contributed by atoms with Crippen LogP contribution in [0, 0.1) is 11.7 Å². The van der Waals surface area contributed by atoms with Gasteiger partial charge in [0.25, 0.3) is 0 Å². The number of nitrogens with zero attached hydrogens (tertiary/aromatic N) is 2. The number of methoxy groups -OCH3 is 2. The number of carboxylic acid groups (broad SMARTS) is 1. The van der Waals surface area contributed by atoms with Crippen molar-refractivity contribution in [1.82, 2.24) is 10.2 Å². The van der Waals surface area contributed by atoms with Crippen molar-refractivity contribution in [3.05, 3.63) is 122 Å². The highest BCUT2D eigenvalue weighted by Gasteiger charge is 2.38. The van der Waals surface area contributed by atoms with Crippen molar-refractivity contribution in [3.8, 4) is 11.5 Å². The molecular weight excluding hydrogens is 700 g/mol. The molecule has 3 fully saturated rings. The molecule has 4 aromatic rings. The van der Waals surface area contributed by atoms with Crippen LogP contribution in [0.1, 0.15) is 63.0 Å². The highest BCUT2D eigenvalue weighted by molar-refractivity contribution is 6.35. The molecule has 1 unspecified atom stereocenters. The molecule has 3 saturated heterocycles. The number of carbonyl (C=O) groups excluding carboxylic acids is 2. The van der Waals surface area contributed by atoms with Gasteiger partial charge in [-0.1, -0.05) is 59.6 Å². The first-order valence-electron chi connectivity index (χ1n) is 16.6. The van der Waals surface area contributed by atoms with Crippen molar-refractivity contribution in [3.63, 3.8) is 0 Å². The lowest BCUT2D eigenvalue weighted by Gasteiger charge is -2.44. The summed E-state index contributed by atoms with van der Waals surface area (Å²) in [5, 5.41) is 26.2. The van der Waals surface area contributed by atoms with Crippen molar-refractivity contribution in [2.45, 2.75) is 43.9 Å². The monoisotopic (exact) mass is 737 g/mol. The molecule has 1 aromatic heterocycles. The number of esters is 1. The Morgan fingerprint density at radius 1 is 1.00 bits per heavy atom. The van der Waals surface area contributed by atoms with E-state index in [9.17, 15) is 24.3 Å². The Labute approximate surface area is 305 Å². The number of hydrogen-bond acceptors (Lipinski definition) is 9. The summed E-state index contributed by atoms with van der Waals surface area (Å²) in [6.07, 6.45) is 4.38. The average molecular weight is 739 g/mol. The second kappa shape index (κ2) is 15.9. The first-order valence-corrected chi connectivity index (χ1v) is 17.4. The van der Waals surface area contributed by atoms with Crippen LogP contribution >= 0.6 is 23.2 Å². The summed E-state index contributed by atoms with van der Waals surface area (Å²) >= 11 is 13.1. The number of carboxylic acids is 1. The molecule has 51 heavy (non-hydrogen) atoms. The third-order valence-corrected chi connectivity index (χ3v) is 10.4. The van der Waals surface area contributed by atoms with Gasteiger partial charge in [0.2, 0.25) is 12.4 Å². The Kier molecular flexibility index (Phi) is 11.3. The first kappa shape index (κ1) is 36.4. The van der Waals surface area contributed by atoms with Crippen LogP contribution in [-0.2, 0) is 22.5 Å². The minimum atomic E-state index is -1.40. The topological polar surface area (TPSA) is 124 Å². The average Bonchev–Trinajstić information content (AvgIpc) is 3.11. The summed E-state index contributed by atoms with van der Waals surface area (Å²) in [5.41, 5.74) is 2.49. The number of benzene rings is 3. The quantitative estimate of drug-likeness (QED) is 0.112. The van der Waals surface area contributed by atoms with Crippen LogP contribution in [0.25, 0.3) is 0 Å². The van der Waals surface area contributed by atoms with Crippen molar-refractivity contribution in [2.75, 3.05) is 33.9 Å². The smallest absolute Gasteiger partial charge is 0.328 e. The van der Waals surface area contributed by atoms with Gasteiger partial charge in [-0.15, -0.1) is 0 Å². The number of ether oxygens (including phenoxy) is 3. The zero-order chi connectivity index (χ0) is 36.2. The van der Waals surface area contributed by atoms with E-state index in [-0.39, 0.29) is 40.6 Å². The van der Waals surface area contributed by atoms with Gasteiger partial charge in [0.15, 0.2) is 11.5 Å². The molecule has 0 radical (unpaired) electrons. The van der Waals surface area contributed by atoms with Gasteiger partial charge in [0, 0.05) is 34.9 Å². The van der Waals surface area contributed by atoms with E-state index in [4.69, 9.17) is 37.4 Å². The predicted octanol–water partition coefficient (Wildman–Crippen LogP) is 4.88. The third kappa shape index (κ3) is 8.23. The van der Waals surface area contributed by atoms with Gasteiger partial charge in [-0.3, -0.25) is 15.4 Å². The van der Waals surface area contributed by atoms with Crippen molar-refractivity contribution in [1.29, 1.82) is 0 Å². The number of aromatic carboxylic acids is 1. The summed E-state index contributed by atoms with van der Waals surface area (Å²) in [6, 6.07) is 14.9. The van der Waals surface area contributed by atoms with Crippen LogP contribution in [-0.4, -0.2) is 62.0 Å². The van der Waals surface area contributed by atoms with E-state index in [0.29, 0.717) is 45.9 Å². The third-order valence-electron chi connectivity index (χ3n) is 9.79. The van der Waals surface area contributed by atoms with Gasteiger partial charge < -0.3 is 24.1 Å².